The number of amides is 1. The summed E-state index contributed by atoms with van der Waals surface area (Å²) in [6, 6.07) is 14.0. The highest BCUT2D eigenvalue weighted by molar-refractivity contribution is 6.00. The van der Waals surface area contributed by atoms with E-state index in [1.807, 2.05) is 31.3 Å². The smallest absolute Gasteiger partial charge is 0.219 e. The van der Waals surface area contributed by atoms with Crippen LogP contribution in [0, 0.1) is 5.82 Å². The molecule has 2 aromatic carbocycles. The number of halogens is 1. The number of amidine groups is 1. The summed E-state index contributed by atoms with van der Waals surface area (Å²) >= 11 is 0. The molecule has 0 fully saturated rings. The first kappa shape index (κ1) is 18.6. The minimum absolute atomic E-state index is 0.0269. The summed E-state index contributed by atoms with van der Waals surface area (Å²) in [4.78, 5) is 18.0. The Morgan fingerprint density at radius 1 is 1.11 bits per heavy atom. The topological polar surface area (TPSA) is 70.7 Å². The Labute approximate surface area is 158 Å². The van der Waals surface area contributed by atoms with E-state index >= 15 is 0 Å². The van der Waals surface area contributed by atoms with Crippen LogP contribution in [-0.2, 0) is 4.79 Å². The third kappa shape index (κ3) is 4.34. The number of hydrogen-bond donors (Lipinski definition) is 2. The van der Waals surface area contributed by atoms with Crippen molar-refractivity contribution in [3.8, 4) is 11.1 Å². The molecule has 0 atom stereocenters. The van der Waals surface area contributed by atoms with Crippen molar-refractivity contribution in [3.05, 3.63) is 65.6 Å². The SMILES string of the molecule is CNC1=C(C(N)=Nc2ccc(-c3ccc(F)cc3)cc2)CN(C(C)=O)CC1. The number of carbonyl (C=O) groups excluding carboxylic acids is 1. The molecule has 140 valence electrons. The van der Waals surface area contributed by atoms with Crippen LogP contribution in [0.1, 0.15) is 13.3 Å². The summed E-state index contributed by atoms with van der Waals surface area (Å²) in [5.41, 5.74) is 10.7. The van der Waals surface area contributed by atoms with Crippen LogP contribution in [0.15, 0.2) is 64.8 Å². The quantitative estimate of drug-likeness (QED) is 0.645. The minimum atomic E-state index is -0.256. The second-order valence-corrected chi connectivity index (χ2v) is 6.45. The van der Waals surface area contributed by atoms with E-state index in [9.17, 15) is 9.18 Å². The summed E-state index contributed by atoms with van der Waals surface area (Å²) in [5, 5.41) is 3.17. The highest BCUT2D eigenvalue weighted by atomic mass is 19.1. The molecule has 27 heavy (non-hydrogen) atoms. The summed E-state index contributed by atoms with van der Waals surface area (Å²) in [6.45, 7) is 2.69. The molecule has 0 radical (unpaired) electrons. The van der Waals surface area contributed by atoms with E-state index in [1.165, 1.54) is 12.1 Å². The Morgan fingerprint density at radius 3 is 2.26 bits per heavy atom. The van der Waals surface area contributed by atoms with Gasteiger partial charge in [-0.1, -0.05) is 24.3 Å². The Kier molecular flexibility index (Phi) is 5.54. The number of aliphatic imine (C=N–C) groups is 1. The van der Waals surface area contributed by atoms with Gasteiger partial charge in [-0.25, -0.2) is 9.38 Å². The molecular weight excluding hydrogens is 343 g/mol. The number of hydrogen-bond acceptors (Lipinski definition) is 3. The molecule has 2 aromatic rings. The van der Waals surface area contributed by atoms with Gasteiger partial charge in [-0.05, 0) is 35.4 Å². The molecule has 5 nitrogen and oxygen atoms in total. The number of carbonyl (C=O) groups is 1. The first-order chi connectivity index (χ1) is 13.0. The lowest BCUT2D eigenvalue weighted by molar-refractivity contribution is -0.128. The second kappa shape index (κ2) is 8.03. The predicted octanol–water partition coefficient (Wildman–Crippen LogP) is 3.21. The van der Waals surface area contributed by atoms with Crippen LogP contribution in [-0.4, -0.2) is 36.8 Å². The van der Waals surface area contributed by atoms with E-state index in [0.717, 1.165) is 34.5 Å². The normalized spacial score (nSPS) is 15.1. The number of rotatable bonds is 4. The van der Waals surface area contributed by atoms with Crippen LogP contribution in [0.25, 0.3) is 11.1 Å². The maximum Gasteiger partial charge on any atom is 0.219 e. The van der Waals surface area contributed by atoms with Crippen LogP contribution < -0.4 is 11.1 Å². The molecular formula is C21H23FN4O. The van der Waals surface area contributed by atoms with Crippen LogP contribution in [0.5, 0.6) is 0 Å². The van der Waals surface area contributed by atoms with Gasteiger partial charge in [0.1, 0.15) is 11.7 Å². The standard InChI is InChI=1S/C21H23FN4O/c1-14(27)26-12-11-20(24-2)19(13-26)21(23)25-18-9-5-16(6-10-18)15-3-7-17(22)8-4-15/h3-10,24H,11-13H2,1-2H3,(H2,23,25). The largest absolute Gasteiger partial charge is 0.391 e. The van der Waals surface area contributed by atoms with Gasteiger partial charge in [0, 0.05) is 38.2 Å². The third-order valence-electron chi connectivity index (χ3n) is 4.70. The van der Waals surface area contributed by atoms with E-state index in [0.29, 0.717) is 18.9 Å². The van der Waals surface area contributed by atoms with Crippen LogP contribution in [0.4, 0.5) is 10.1 Å². The minimum Gasteiger partial charge on any atom is -0.391 e. The van der Waals surface area contributed by atoms with Gasteiger partial charge in [0.2, 0.25) is 5.91 Å². The molecule has 1 aliphatic rings. The van der Waals surface area contributed by atoms with Crippen LogP contribution in [0.3, 0.4) is 0 Å². The van der Waals surface area contributed by atoms with Gasteiger partial charge >= 0.3 is 0 Å². The fourth-order valence-corrected chi connectivity index (χ4v) is 3.12. The van der Waals surface area contributed by atoms with Crippen LogP contribution >= 0.6 is 0 Å². The molecule has 6 heteroatoms. The molecule has 0 aromatic heterocycles. The van der Waals surface area contributed by atoms with Gasteiger partial charge in [-0.2, -0.15) is 0 Å². The van der Waals surface area contributed by atoms with E-state index in [-0.39, 0.29) is 11.7 Å². The maximum atomic E-state index is 13.1. The highest BCUT2D eigenvalue weighted by Gasteiger charge is 2.22. The third-order valence-corrected chi connectivity index (χ3v) is 4.70. The number of nitrogens with two attached hydrogens (primary N) is 1. The molecule has 0 unspecified atom stereocenters. The average molecular weight is 366 g/mol. The molecule has 0 saturated carbocycles. The predicted molar refractivity (Wildman–Crippen MR) is 106 cm³/mol. The summed E-state index contributed by atoms with van der Waals surface area (Å²) < 4.78 is 13.1. The monoisotopic (exact) mass is 366 g/mol. The van der Waals surface area contributed by atoms with E-state index < -0.39 is 0 Å². The van der Waals surface area contributed by atoms with E-state index in [1.54, 1.807) is 24.0 Å². The highest BCUT2D eigenvalue weighted by Crippen LogP contribution is 2.24. The van der Waals surface area contributed by atoms with Gasteiger partial charge in [-0.15, -0.1) is 0 Å². The van der Waals surface area contributed by atoms with Gasteiger partial charge in [0.15, 0.2) is 0 Å². The van der Waals surface area contributed by atoms with Crippen molar-refractivity contribution in [2.24, 2.45) is 10.7 Å². The fourth-order valence-electron chi connectivity index (χ4n) is 3.12. The zero-order chi connectivity index (χ0) is 19.4. The number of nitrogens with one attached hydrogen (secondary N) is 1. The lowest BCUT2D eigenvalue weighted by atomic mass is 10.0. The molecule has 1 aliphatic heterocycles. The van der Waals surface area contributed by atoms with Gasteiger partial charge in [0.05, 0.1) is 12.2 Å². The molecule has 0 saturated heterocycles. The van der Waals surface area contributed by atoms with Crippen molar-refractivity contribution < 1.29 is 9.18 Å². The van der Waals surface area contributed by atoms with Crippen LogP contribution in [0.2, 0.25) is 0 Å². The van der Waals surface area contributed by atoms with Crippen molar-refractivity contribution >= 4 is 17.4 Å². The Hall–Kier alpha value is -3.15. The lowest BCUT2D eigenvalue weighted by Crippen LogP contribution is -2.40. The fraction of sp³-hybridized carbons (Fsp3) is 0.238. The maximum absolute atomic E-state index is 13.1. The molecule has 0 spiro atoms. The van der Waals surface area contributed by atoms with Crippen molar-refractivity contribution in [2.75, 3.05) is 20.1 Å². The van der Waals surface area contributed by atoms with Crippen molar-refractivity contribution in [1.29, 1.82) is 0 Å². The zero-order valence-corrected chi connectivity index (χ0v) is 15.5. The summed E-state index contributed by atoms with van der Waals surface area (Å²) in [7, 11) is 1.85. The second-order valence-electron chi connectivity index (χ2n) is 6.45. The molecule has 3 N–H and O–H groups in total. The molecule has 3 rings (SSSR count). The van der Waals surface area contributed by atoms with Gasteiger partial charge in [-0.3, -0.25) is 4.79 Å². The van der Waals surface area contributed by atoms with Crippen molar-refractivity contribution in [1.82, 2.24) is 10.2 Å². The molecule has 0 bridgehead atoms. The lowest BCUT2D eigenvalue weighted by Gasteiger charge is -2.29. The average Bonchev–Trinajstić information content (AvgIpc) is 2.68. The number of benzene rings is 2. The molecule has 0 aliphatic carbocycles. The Balaban J connectivity index is 1.83. The van der Waals surface area contributed by atoms with Crippen molar-refractivity contribution in [2.45, 2.75) is 13.3 Å². The first-order valence-corrected chi connectivity index (χ1v) is 8.83. The number of nitrogens with zero attached hydrogens (tertiary/aromatic N) is 2. The molecule has 1 heterocycles. The first-order valence-electron chi connectivity index (χ1n) is 8.83. The van der Waals surface area contributed by atoms with E-state index in [2.05, 4.69) is 10.3 Å². The molecule has 1 amide bonds. The van der Waals surface area contributed by atoms with E-state index in [4.69, 9.17) is 5.73 Å². The Morgan fingerprint density at radius 2 is 1.70 bits per heavy atom. The zero-order valence-electron chi connectivity index (χ0n) is 15.5. The van der Waals surface area contributed by atoms with Gasteiger partial charge in [0.25, 0.3) is 0 Å². The summed E-state index contributed by atoms with van der Waals surface area (Å²) in [6.07, 6.45) is 0.727. The van der Waals surface area contributed by atoms with Crippen molar-refractivity contribution in [3.63, 3.8) is 0 Å². The Bertz CT molecular complexity index is 885. The van der Waals surface area contributed by atoms with Gasteiger partial charge < -0.3 is 16.0 Å². The summed E-state index contributed by atoms with van der Waals surface area (Å²) in [5.74, 6) is 0.173.